The third kappa shape index (κ3) is 5.90. The number of hydrogen-bond acceptors (Lipinski definition) is 7. The van der Waals surface area contributed by atoms with Gasteiger partial charge in [0.15, 0.2) is 0 Å². The number of likely N-dealkylation sites (tertiary alicyclic amines) is 1. The van der Waals surface area contributed by atoms with Gasteiger partial charge in [0.25, 0.3) is 0 Å². The van der Waals surface area contributed by atoms with Crippen molar-refractivity contribution in [1.29, 1.82) is 0 Å². The summed E-state index contributed by atoms with van der Waals surface area (Å²) in [5.41, 5.74) is 4.11. The predicted molar refractivity (Wildman–Crippen MR) is 148 cm³/mol. The third-order valence-electron chi connectivity index (χ3n) is 7.61. The summed E-state index contributed by atoms with van der Waals surface area (Å²) in [4.78, 5) is 15.0. The lowest BCUT2D eigenvalue weighted by molar-refractivity contribution is 0.205. The lowest BCUT2D eigenvalue weighted by atomic mass is 9.98. The molecule has 2 unspecified atom stereocenters. The van der Waals surface area contributed by atoms with Crippen molar-refractivity contribution in [1.82, 2.24) is 19.6 Å². The molecular formula is C29H40N6O2. The zero-order chi connectivity index (χ0) is 25.8. The highest BCUT2D eigenvalue weighted by Gasteiger charge is 2.28. The van der Waals surface area contributed by atoms with Crippen molar-refractivity contribution in [2.45, 2.75) is 64.1 Å². The molecule has 2 atom stereocenters. The van der Waals surface area contributed by atoms with Crippen LogP contribution in [0.15, 0.2) is 69.6 Å². The number of methoxy groups -OCH3 is 2. The maximum absolute atomic E-state index is 5.67. The van der Waals surface area contributed by atoms with E-state index in [1.54, 1.807) is 14.2 Å². The van der Waals surface area contributed by atoms with Gasteiger partial charge in [0, 0.05) is 48.8 Å². The van der Waals surface area contributed by atoms with Gasteiger partial charge in [-0.1, -0.05) is 6.08 Å². The normalized spacial score (nSPS) is 23.6. The number of fused-ring (bicyclic) bond motifs is 1. The Morgan fingerprint density at radius 2 is 1.97 bits per heavy atom. The summed E-state index contributed by atoms with van der Waals surface area (Å²) in [7, 11) is 3.46. The van der Waals surface area contributed by atoms with Crippen molar-refractivity contribution < 1.29 is 9.47 Å². The molecule has 1 saturated heterocycles. The van der Waals surface area contributed by atoms with Gasteiger partial charge in [-0.15, -0.1) is 0 Å². The van der Waals surface area contributed by atoms with Crippen LogP contribution in [0, 0.1) is 0 Å². The van der Waals surface area contributed by atoms with Gasteiger partial charge in [-0.2, -0.15) is 5.10 Å². The summed E-state index contributed by atoms with van der Waals surface area (Å²) in [6.07, 6.45) is 20.0. The van der Waals surface area contributed by atoms with Crippen LogP contribution in [0.4, 0.5) is 0 Å². The predicted octanol–water partition coefficient (Wildman–Crippen LogP) is 4.50. The van der Waals surface area contributed by atoms with Crippen LogP contribution in [0.5, 0.6) is 0 Å². The fraction of sp³-hybridized carbons (Fsp3) is 0.552. The molecule has 0 N–H and O–H groups in total. The van der Waals surface area contributed by atoms with E-state index in [0.29, 0.717) is 6.04 Å². The van der Waals surface area contributed by atoms with E-state index < -0.39 is 0 Å². The molecule has 198 valence electrons. The fourth-order valence-corrected chi connectivity index (χ4v) is 5.47. The molecule has 0 aromatic carbocycles. The number of aromatic nitrogens is 2. The second kappa shape index (κ2) is 11.5. The molecule has 1 fully saturated rings. The van der Waals surface area contributed by atoms with Gasteiger partial charge in [-0.3, -0.25) is 9.67 Å². The Labute approximate surface area is 220 Å². The van der Waals surface area contributed by atoms with Crippen LogP contribution >= 0.6 is 0 Å². The van der Waals surface area contributed by atoms with Crippen LogP contribution in [0.3, 0.4) is 0 Å². The highest BCUT2D eigenvalue weighted by molar-refractivity contribution is 6.38. The minimum Gasteiger partial charge on any atom is -0.501 e. The van der Waals surface area contributed by atoms with E-state index in [4.69, 9.17) is 19.5 Å². The summed E-state index contributed by atoms with van der Waals surface area (Å²) in [5.74, 6) is 1.80. The van der Waals surface area contributed by atoms with E-state index in [0.717, 1.165) is 60.8 Å². The molecule has 8 heteroatoms. The molecule has 4 aliphatic rings. The Kier molecular flexibility index (Phi) is 7.93. The Morgan fingerprint density at radius 3 is 2.70 bits per heavy atom. The number of aliphatic imine (C=N–C) groups is 2. The molecule has 1 aromatic heterocycles. The first-order valence-corrected chi connectivity index (χ1v) is 13.6. The van der Waals surface area contributed by atoms with Gasteiger partial charge < -0.3 is 19.3 Å². The van der Waals surface area contributed by atoms with Crippen LogP contribution < -0.4 is 0 Å². The number of rotatable bonds is 10. The maximum Gasteiger partial charge on any atom is 0.120 e. The smallest absolute Gasteiger partial charge is 0.120 e. The first-order chi connectivity index (χ1) is 18.0. The molecule has 3 heterocycles. The van der Waals surface area contributed by atoms with E-state index in [1.807, 2.05) is 23.2 Å². The molecule has 0 bridgehead atoms. The molecule has 5 rings (SSSR count). The van der Waals surface area contributed by atoms with E-state index in [9.17, 15) is 0 Å². The zero-order valence-corrected chi connectivity index (χ0v) is 22.6. The van der Waals surface area contributed by atoms with Crippen molar-refractivity contribution in [2.75, 3.05) is 40.4 Å². The van der Waals surface area contributed by atoms with Crippen LogP contribution in [-0.4, -0.2) is 84.0 Å². The molecule has 2 aliphatic heterocycles. The van der Waals surface area contributed by atoms with E-state index in [2.05, 4.69) is 53.2 Å². The molecule has 37 heavy (non-hydrogen) atoms. The van der Waals surface area contributed by atoms with Gasteiger partial charge in [0.2, 0.25) is 0 Å². The van der Waals surface area contributed by atoms with Gasteiger partial charge in [0.1, 0.15) is 11.5 Å². The summed E-state index contributed by atoms with van der Waals surface area (Å²) in [6.45, 7) is 8.81. The quantitative estimate of drug-likeness (QED) is 0.469. The second-order valence-electron chi connectivity index (χ2n) is 10.5. The molecule has 0 saturated carbocycles. The number of allylic oxidation sites excluding steroid dienone is 2. The van der Waals surface area contributed by atoms with Gasteiger partial charge >= 0.3 is 0 Å². The maximum atomic E-state index is 5.67. The Balaban J connectivity index is 1.39. The number of nitrogens with zero attached hydrogens (tertiary/aromatic N) is 6. The standard InChI is InChI=1S/C29H40N6O2/c1-21(2)35-20-22(18-31-35)29-19-30-27-9-8-23(16-28(27)32-29)34(13-7-12-33-10-5-6-11-33)24-14-25(36-3)17-26(15-24)37-4/h8,14,16-21,24,27H,5-7,9-13,15H2,1-4H3. The lowest BCUT2D eigenvalue weighted by Gasteiger charge is -2.37. The third-order valence-corrected chi connectivity index (χ3v) is 7.61. The average Bonchev–Trinajstić information content (AvgIpc) is 3.63. The first kappa shape index (κ1) is 25.5. The minimum absolute atomic E-state index is 0.0740. The van der Waals surface area contributed by atoms with E-state index >= 15 is 0 Å². The van der Waals surface area contributed by atoms with Crippen molar-refractivity contribution in [3.8, 4) is 0 Å². The average molecular weight is 505 g/mol. The van der Waals surface area contributed by atoms with Crippen LogP contribution in [-0.2, 0) is 9.47 Å². The largest absolute Gasteiger partial charge is 0.501 e. The second-order valence-corrected chi connectivity index (χ2v) is 10.5. The van der Waals surface area contributed by atoms with Gasteiger partial charge in [0.05, 0.1) is 43.9 Å². The lowest BCUT2D eigenvalue weighted by Crippen LogP contribution is -2.38. The molecule has 1 aromatic rings. The molecule has 2 aliphatic carbocycles. The Bertz CT molecular complexity index is 1150. The van der Waals surface area contributed by atoms with Gasteiger partial charge in [-0.25, -0.2) is 4.99 Å². The number of ether oxygens (including phenoxy) is 2. The zero-order valence-electron chi connectivity index (χ0n) is 22.6. The van der Waals surface area contributed by atoms with Crippen molar-refractivity contribution in [3.05, 3.63) is 65.2 Å². The molecule has 0 spiro atoms. The molecular weight excluding hydrogens is 464 g/mol. The Morgan fingerprint density at radius 1 is 1.14 bits per heavy atom. The van der Waals surface area contributed by atoms with E-state index in [1.165, 1.54) is 31.6 Å². The van der Waals surface area contributed by atoms with Crippen LogP contribution in [0.2, 0.25) is 0 Å². The first-order valence-electron chi connectivity index (χ1n) is 13.6. The molecule has 0 radical (unpaired) electrons. The molecule has 0 amide bonds. The topological polar surface area (TPSA) is 67.5 Å². The van der Waals surface area contributed by atoms with Crippen molar-refractivity contribution in [3.63, 3.8) is 0 Å². The SMILES string of the molecule is COC1=CC(N(CCCN2CCCC2)C2=CCC3N=CC(c4cnn(C(C)C)c4)=NC3=C2)CC(OC)=C1. The summed E-state index contributed by atoms with van der Waals surface area (Å²) < 4.78 is 13.3. The number of hydrogen-bond donors (Lipinski definition) is 0. The van der Waals surface area contributed by atoms with Crippen molar-refractivity contribution >= 4 is 11.9 Å². The fourth-order valence-electron chi connectivity index (χ4n) is 5.47. The van der Waals surface area contributed by atoms with E-state index in [-0.39, 0.29) is 12.1 Å². The summed E-state index contributed by atoms with van der Waals surface area (Å²) >= 11 is 0. The van der Waals surface area contributed by atoms with Crippen LogP contribution in [0.25, 0.3) is 0 Å². The van der Waals surface area contributed by atoms with Gasteiger partial charge in [-0.05, 0) is 71.3 Å². The highest BCUT2D eigenvalue weighted by atomic mass is 16.5. The Hall–Kier alpha value is -3.13. The van der Waals surface area contributed by atoms with Crippen LogP contribution in [0.1, 0.15) is 57.6 Å². The summed E-state index contributed by atoms with van der Waals surface area (Å²) in [6, 6.07) is 0.546. The minimum atomic E-state index is 0.0740. The highest BCUT2D eigenvalue weighted by Crippen LogP contribution is 2.31. The molecule has 8 nitrogen and oxygen atoms in total. The summed E-state index contributed by atoms with van der Waals surface area (Å²) in [5, 5.41) is 4.49. The monoisotopic (exact) mass is 504 g/mol. The van der Waals surface area contributed by atoms with Crippen molar-refractivity contribution in [2.24, 2.45) is 9.98 Å².